The number of amides is 1. The van der Waals surface area contributed by atoms with Crippen molar-refractivity contribution in [3.8, 4) is 16.9 Å². The molecule has 168 valence electrons. The summed E-state index contributed by atoms with van der Waals surface area (Å²) >= 11 is 0. The average molecular weight is 438 g/mol. The van der Waals surface area contributed by atoms with Crippen molar-refractivity contribution in [1.82, 2.24) is 4.90 Å². The maximum atomic E-state index is 13.4. The van der Waals surface area contributed by atoms with Gasteiger partial charge in [0.25, 0.3) is 0 Å². The van der Waals surface area contributed by atoms with E-state index in [1.54, 1.807) is 24.3 Å². The molecule has 0 aliphatic carbocycles. The Morgan fingerprint density at radius 1 is 1.19 bits per heavy atom. The summed E-state index contributed by atoms with van der Waals surface area (Å²) in [6.07, 6.45) is -5.41. The number of nitrogens with one attached hydrogen (secondary N) is 1. The van der Waals surface area contributed by atoms with E-state index < -0.39 is 17.8 Å². The highest BCUT2D eigenvalue weighted by molar-refractivity contribution is 5.89. The number of ether oxygens (including phenoxy) is 2. The molecule has 1 saturated heterocycles. The molecular weight excluding hydrogens is 413 g/mol. The van der Waals surface area contributed by atoms with Gasteiger partial charge in [0.15, 0.2) is 0 Å². The molecule has 9 heteroatoms. The number of hydrogen-bond acceptors (Lipinski definition) is 5. The Kier molecular flexibility index (Phi) is 7.53. The van der Waals surface area contributed by atoms with E-state index in [9.17, 15) is 23.1 Å². The van der Waals surface area contributed by atoms with Gasteiger partial charge in [-0.15, -0.1) is 0 Å². The van der Waals surface area contributed by atoms with Crippen molar-refractivity contribution in [3.63, 3.8) is 0 Å². The fraction of sp³-hybridized carbons (Fsp3) is 0.409. The van der Waals surface area contributed by atoms with Gasteiger partial charge < -0.3 is 19.9 Å². The van der Waals surface area contributed by atoms with Crippen molar-refractivity contribution in [2.75, 3.05) is 44.8 Å². The Bertz CT molecular complexity index is 899. The summed E-state index contributed by atoms with van der Waals surface area (Å²) < 4.78 is 51.1. The number of aliphatic hydroxyl groups excluding tert-OH is 1. The van der Waals surface area contributed by atoms with Crippen molar-refractivity contribution < 1.29 is 32.5 Å². The number of benzene rings is 2. The maximum absolute atomic E-state index is 13.4. The van der Waals surface area contributed by atoms with Crippen LogP contribution in [-0.4, -0.2) is 61.5 Å². The van der Waals surface area contributed by atoms with Gasteiger partial charge in [-0.2, -0.15) is 13.2 Å². The van der Waals surface area contributed by atoms with Crippen LogP contribution >= 0.6 is 0 Å². The minimum atomic E-state index is -4.56. The second kappa shape index (κ2) is 10.1. The Morgan fingerprint density at radius 2 is 1.94 bits per heavy atom. The molecule has 0 radical (unpaired) electrons. The molecule has 1 aliphatic rings. The second-order valence-corrected chi connectivity index (χ2v) is 7.38. The van der Waals surface area contributed by atoms with Crippen molar-refractivity contribution >= 4 is 11.6 Å². The number of halogens is 3. The predicted molar refractivity (Wildman–Crippen MR) is 110 cm³/mol. The molecule has 2 aromatic carbocycles. The molecule has 0 saturated carbocycles. The topological polar surface area (TPSA) is 71.0 Å². The van der Waals surface area contributed by atoms with Crippen LogP contribution in [0.25, 0.3) is 11.1 Å². The van der Waals surface area contributed by atoms with Gasteiger partial charge in [0.1, 0.15) is 18.5 Å². The number of nitrogens with zero attached hydrogens (tertiary/aromatic N) is 1. The highest BCUT2D eigenvalue weighted by atomic mass is 19.4. The summed E-state index contributed by atoms with van der Waals surface area (Å²) in [6.45, 7) is 4.12. The van der Waals surface area contributed by atoms with Gasteiger partial charge >= 0.3 is 6.18 Å². The third kappa shape index (κ3) is 6.95. The quantitative estimate of drug-likeness (QED) is 0.694. The molecule has 1 atom stereocenters. The normalized spacial score (nSPS) is 16.0. The minimum absolute atomic E-state index is 0.00998. The standard InChI is InChI=1S/C22H25F3N2O4/c1-15(28)26-19-4-2-3-16(10-19)17-9-18(22(23,24)25)12-21(11-17)31-14-20(29)13-27-5-7-30-8-6-27/h2-4,9-12,20,29H,5-8,13-14H2,1H3,(H,26,28). The van der Waals surface area contributed by atoms with Crippen molar-refractivity contribution in [2.24, 2.45) is 0 Å². The van der Waals surface area contributed by atoms with Crippen LogP contribution in [-0.2, 0) is 15.7 Å². The second-order valence-electron chi connectivity index (χ2n) is 7.38. The third-order valence-corrected chi connectivity index (χ3v) is 4.77. The number of aliphatic hydroxyl groups is 1. The zero-order valence-electron chi connectivity index (χ0n) is 17.1. The molecule has 0 bridgehead atoms. The van der Waals surface area contributed by atoms with E-state index in [0.29, 0.717) is 49.7 Å². The molecule has 6 nitrogen and oxygen atoms in total. The average Bonchev–Trinajstić information content (AvgIpc) is 2.72. The lowest BCUT2D eigenvalue weighted by molar-refractivity contribution is -0.137. The van der Waals surface area contributed by atoms with E-state index in [1.807, 2.05) is 4.90 Å². The van der Waals surface area contributed by atoms with E-state index in [2.05, 4.69) is 5.32 Å². The van der Waals surface area contributed by atoms with E-state index in [0.717, 1.165) is 12.1 Å². The van der Waals surface area contributed by atoms with Crippen molar-refractivity contribution in [2.45, 2.75) is 19.2 Å². The number of anilines is 1. The smallest absolute Gasteiger partial charge is 0.416 e. The summed E-state index contributed by atoms with van der Waals surface area (Å²) in [4.78, 5) is 13.3. The molecule has 2 aromatic rings. The summed E-state index contributed by atoms with van der Waals surface area (Å²) in [7, 11) is 0. The summed E-state index contributed by atoms with van der Waals surface area (Å²) in [6, 6.07) is 9.98. The van der Waals surface area contributed by atoms with Crippen LogP contribution in [0.1, 0.15) is 12.5 Å². The molecule has 1 unspecified atom stereocenters. The first-order valence-electron chi connectivity index (χ1n) is 9.92. The zero-order valence-corrected chi connectivity index (χ0v) is 17.1. The van der Waals surface area contributed by atoms with E-state index >= 15 is 0 Å². The van der Waals surface area contributed by atoms with Gasteiger partial charge in [-0.1, -0.05) is 12.1 Å². The Morgan fingerprint density at radius 3 is 2.61 bits per heavy atom. The van der Waals surface area contributed by atoms with E-state index in [4.69, 9.17) is 9.47 Å². The van der Waals surface area contributed by atoms with Gasteiger partial charge in [-0.25, -0.2) is 0 Å². The minimum Gasteiger partial charge on any atom is -0.491 e. The Balaban J connectivity index is 1.78. The lowest BCUT2D eigenvalue weighted by atomic mass is 10.0. The number of β-amino-alcohol motifs (C(OH)–C–C–N with tert-alkyl or cyclic N) is 1. The predicted octanol–water partition coefficient (Wildman–Crippen LogP) is 3.40. The number of carbonyl (C=O) groups excluding carboxylic acids is 1. The van der Waals surface area contributed by atoms with Crippen LogP contribution in [0.15, 0.2) is 42.5 Å². The summed E-state index contributed by atoms with van der Waals surface area (Å²) in [5.74, 6) is -0.268. The summed E-state index contributed by atoms with van der Waals surface area (Å²) in [5.41, 5.74) is 0.411. The Hall–Kier alpha value is -2.62. The van der Waals surface area contributed by atoms with Crippen LogP contribution in [0.3, 0.4) is 0 Å². The SMILES string of the molecule is CC(=O)Nc1cccc(-c2cc(OCC(O)CN3CCOCC3)cc(C(F)(F)F)c2)c1. The van der Waals surface area contributed by atoms with Gasteiger partial charge in [-0.05, 0) is 41.5 Å². The lowest BCUT2D eigenvalue weighted by Crippen LogP contribution is -2.42. The van der Waals surface area contributed by atoms with E-state index in [-0.39, 0.29) is 18.3 Å². The highest BCUT2D eigenvalue weighted by Crippen LogP contribution is 2.36. The lowest BCUT2D eigenvalue weighted by Gasteiger charge is -2.28. The molecular formula is C22H25F3N2O4. The molecule has 3 rings (SSSR count). The molecule has 0 aromatic heterocycles. The molecule has 1 amide bonds. The van der Waals surface area contributed by atoms with Gasteiger partial charge in [0.05, 0.1) is 18.8 Å². The molecule has 1 aliphatic heterocycles. The molecule has 2 N–H and O–H groups in total. The van der Waals surface area contributed by atoms with Crippen molar-refractivity contribution in [1.29, 1.82) is 0 Å². The highest BCUT2D eigenvalue weighted by Gasteiger charge is 2.31. The first kappa shape index (κ1) is 23.1. The van der Waals surface area contributed by atoms with Crippen LogP contribution in [0.5, 0.6) is 5.75 Å². The first-order chi connectivity index (χ1) is 14.7. The Labute approximate surface area is 178 Å². The molecule has 1 heterocycles. The number of rotatable bonds is 7. The van der Waals surface area contributed by atoms with Gasteiger partial charge in [0, 0.05) is 32.2 Å². The molecule has 1 fully saturated rings. The van der Waals surface area contributed by atoms with Crippen LogP contribution < -0.4 is 10.1 Å². The summed E-state index contributed by atoms with van der Waals surface area (Å²) in [5, 5.41) is 12.8. The van der Waals surface area contributed by atoms with Gasteiger partial charge in [0.2, 0.25) is 5.91 Å². The first-order valence-corrected chi connectivity index (χ1v) is 9.92. The van der Waals surface area contributed by atoms with Crippen LogP contribution in [0.4, 0.5) is 18.9 Å². The monoisotopic (exact) mass is 438 g/mol. The van der Waals surface area contributed by atoms with E-state index in [1.165, 1.54) is 13.0 Å². The number of morpholine rings is 1. The van der Waals surface area contributed by atoms with Crippen LogP contribution in [0, 0.1) is 0 Å². The third-order valence-electron chi connectivity index (χ3n) is 4.77. The van der Waals surface area contributed by atoms with Crippen molar-refractivity contribution in [3.05, 3.63) is 48.0 Å². The molecule has 0 spiro atoms. The zero-order chi connectivity index (χ0) is 22.4. The fourth-order valence-corrected chi connectivity index (χ4v) is 3.32. The van der Waals surface area contributed by atoms with Crippen LogP contribution in [0.2, 0.25) is 0 Å². The number of carbonyl (C=O) groups is 1. The number of hydrogen-bond donors (Lipinski definition) is 2. The number of alkyl halides is 3. The molecule has 31 heavy (non-hydrogen) atoms. The van der Waals surface area contributed by atoms with Gasteiger partial charge in [-0.3, -0.25) is 9.69 Å². The largest absolute Gasteiger partial charge is 0.491 e. The maximum Gasteiger partial charge on any atom is 0.416 e. The fourth-order valence-electron chi connectivity index (χ4n) is 3.32.